The number of ether oxygens (including phenoxy) is 1. The first-order valence-electron chi connectivity index (χ1n) is 7.94. The zero-order valence-electron chi connectivity index (χ0n) is 13.1. The van der Waals surface area contributed by atoms with E-state index in [2.05, 4.69) is 10.1 Å². The number of amides is 1. The van der Waals surface area contributed by atoms with Gasteiger partial charge in [0, 0.05) is 19.2 Å². The zero-order valence-corrected chi connectivity index (χ0v) is 13.1. The standard InChI is InChI=1S/C17H19F3N2O2/c18-17(19,20)24-15-4-1-12(2-5-15)3-6-16(23)22-8-7-13-9-21-10-14(13)11-22/h1-6,13-14,21H,7-11H2. The van der Waals surface area contributed by atoms with E-state index < -0.39 is 6.36 Å². The molecule has 2 unspecified atom stereocenters. The van der Waals surface area contributed by atoms with Gasteiger partial charge in [-0.05, 0) is 55.1 Å². The number of halogens is 3. The van der Waals surface area contributed by atoms with Crippen LogP contribution in [0.5, 0.6) is 5.75 Å². The SMILES string of the molecule is O=C(C=Cc1ccc(OC(F)(F)F)cc1)N1CCC2CNCC2C1. The highest BCUT2D eigenvalue weighted by molar-refractivity contribution is 5.91. The van der Waals surface area contributed by atoms with Crippen LogP contribution >= 0.6 is 0 Å². The third kappa shape index (κ3) is 4.29. The third-order valence-corrected chi connectivity index (χ3v) is 4.55. The lowest BCUT2D eigenvalue weighted by Gasteiger charge is -2.33. The number of benzene rings is 1. The van der Waals surface area contributed by atoms with Gasteiger partial charge in [0.25, 0.3) is 0 Å². The summed E-state index contributed by atoms with van der Waals surface area (Å²) in [7, 11) is 0. The van der Waals surface area contributed by atoms with Crippen molar-refractivity contribution < 1.29 is 22.7 Å². The minimum Gasteiger partial charge on any atom is -0.406 e. The van der Waals surface area contributed by atoms with Crippen LogP contribution in [0.1, 0.15) is 12.0 Å². The van der Waals surface area contributed by atoms with Crippen LogP contribution in [0.15, 0.2) is 30.3 Å². The number of nitrogens with zero attached hydrogens (tertiary/aromatic N) is 1. The van der Waals surface area contributed by atoms with Crippen LogP contribution in [0.3, 0.4) is 0 Å². The van der Waals surface area contributed by atoms with Crippen LogP contribution in [-0.2, 0) is 4.79 Å². The number of alkyl halides is 3. The summed E-state index contributed by atoms with van der Waals surface area (Å²) in [5.74, 6) is 0.854. The minimum absolute atomic E-state index is 0.0593. The van der Waals surface area contributed by atoms with Crippen molar-refractivity contribution in [2.45, 2.75) is 12.8 Å². The second-order valence-corrected chi connectivity index (χ2v) is 6.20. The van der Waals surface area contributed by atoms with Crippen molar-refractivity contribution in [2.75, 3.05) is 26.2 Å². The van der Waals surface area contributed by atoms with Gasteiger partial charge < -0.3 is 15.0 Å². The first-order valence-corrected chi connectivity index (χ1v) is 7.94. The molecule has 0 saturated carbocycles. The molecule has 130 valence electrons. The van der Waals surface area contributed by atoms with Crippen molar-refractivity contribution in [1.82, 2.24) is 10.2 Å². The summed E-state index contributed by atoms with van der Waals surface area (Å²) in [5.41, 5.74) is 0.648. The fraction of sp³-hybridized carbons (Fsp3) is 0.471. The first kappa shape index (κ1) is 16.8. The van der Waals surface area contributed by atoms with Crippen molar-refractivity contribution >= 4 is 12.0 Å². The summed E-state index contributed by atoms with van der Waals surface area (Å²) in [6, 6.07) is 5.43. The number of hydrogen-bond donors (Lipinski definition) is 1. The molecule has 2 fully saturated rings. The maximum Gasteiger partial charge on any atom is 0.573 e. The van der Waals surface area contributed by atoms with Gasteiger partial charge in [-0.2, -0.15) is 0 Å². The van der Waals surface area contributed by atoms with Crippen LogP contribution in [0, 0.1) is 11.8 Å². The predicted molar refractivity (Wildman–Crippen MR) is 83.2 cm³/mol. The molecule has 2 aliphatic rings. The van der Waals surface area contributed by atoms with E-state index in [4.69, 9.17) is 0 Å². The lowest BCUT2D eigenvalue weighted by Crippen LogP contribution is -2.42. The highest BCUT2D eigenvalue weighted by Gasteiger charge is 2.34. The summed E-state index contributed by atoms with van der Waals surface area (Å²) in [6.07, 6.45) is -0.601. The van der Waals surface area contributed by atoms with E-state index in [-0.39, 0.29) is 11.7 Å². The van der Waals surface area contributed by atoms with Gasteiger partial charge in [-0.25, -0.2) is 0 Å². The van der Waals surface area contributed by atoms with Gasteiger partial charge >= 0.3 is 6.36 Å². The van der Waals surface area contributed by atoms with Crippen LogP contribution in [0.25, 0.3) is 6.08 Å². The van der Waals surface area contributed by atoms with Crippen molar-refractivity contribution in [2.24, 2.45) is 11.8 Å². The van der Waals surface area contributed by atoms with Crippen molar-refractivity contribution in [1.29, 1.82) is 0 Å². The molecule has 0 radical (unpaired) electrons. The summed E-state index contributed by atoms with van der Waals surface area (Å²) < 4.78 is 40.1. The monoisotopic (exact) mass is 340 g/mol. The van der Waals surface area contributed by atoms with E-state index in [1.165, 1.54) is 30.3 Å². The molecule has 7 heteroatoms. The Hall–Kier alpha value is -2.02. The molecule has 1 amide bonds. The Morgan fingerprint density at radius 2 is 1.92 bits per heavy atom. The van der Waals surface area contributed by atoms with Gasteiger partial charge in [0.05, 0.1) is 0 Å². The summed E-state index contributed by atoms with van der Waals surface area (Å²) >= 11 is 0. The largest absolute Gasteiger partial charge is 0.573 e. The Kier molecular flexibility index (Phi) is 4.80. The Morgan fingerprint density at radius 3 is 2.62 bits per heavy atom. The smallest absolute Gasteiger partial charge is 0.406 e. The molecule has 24 heavy (non-hydrogen) atoms. The number of nitrogens with one attached hydrogen (secondary N) is 1. The van der Waals surface area contributed by atoms with Crippen LogP contribution in [0.2, 0.25) is 0 Å². The average molecular weight is 340 g/mol. The number of hydrogen-bond acceptors (Lipinski definition) is 3. The Morgan fingerprint density at radius 1 is 1.21 bits per heavy atom. The van der Waals surface area contributed by atoms with Crippen molar-refractivity contribution in [3.63, 3.8) is 0 Å². The average Bonchev–Trinajstić information content (AvgIpc) is 3.00. The minimum atomic E-state index is -4.70. The Bertz CT molecular complexity index is 613. The molecule has 1 aromatic rings. The second kappa shape index (κ2) is 6.84. The van der Waals surface area contributed by atoms with E-state index in [0.29, 0.717) is 17.4 Å². The summed E-state index contributed by atoms with van der Waals surface area (Å²) in [4.78, 5) is 14.1. The lowest BCUT2D eigenvalue weighted by atomic mass is 9.88. The number of carbonyl (C=O) groups excluding carboxylic acids is 1. The molecule has 1 aromatic carbocycles. The van der Waals surface area contributed by atoms with Gasteiger partial charge in [-0.15, -0.1) is 13.2 Å². The van der Waals surface area contributed by atoms with Crippen LogP contribution < -0.4 is 10.1 Å². The highest BCUT2D eigenvalue weighted by Crippen LogP contribution is 2.27. The zero-order chi connectivity index (χ0) is 17.2. The number of carbonyl (C=O) groups is 1. The number of fused-ring (bicyclic) bond motifs is 1. The molecule has 4 nitrogen and oxygen atoms in total. The van der Waals surface area contributed by atoms with E-state index in [0.717, 1.165) is 32.6 Å². The first-order chi connectivity index (χ1) is 11.4. The molecule has 0 aromatic heterocycles. The molecule has 2 heterocycles. The maximum atomic E-state index is 12.3. The predicted octanol–water partition coefficient (Wildman–Crippen LogP) is 2.67. The molecule has 1 N–H and O–H groups in total. The van der Waals surface area contributed by atoms with Crippen LogP contribution in [-0.4, -0.2) is 43.3 Å². The van der Waals surface area contributed by atoms with Crippen molar-refractivity contribution in [3.8, 4) is 5.75 Å². The van der Waals surface area contributed by atoms with E-state index in [1.807, 2.05) is 4.90 Å². The maximum absolute atomic E-state index is 12.3. The second-order valence-electron chi connectivity index (χ2n) is 6.20. The molecule has 2 saturated heterocycles. The summed E-state index contributed by atoms with van der Waals surface area (Å²) in [5, 5.41) is 3.36. The molecular formula is C17H19F3N2O2. The van der Waals surface area contributed by atoms with Crippen molar-refractivity contribution in [3.05, 3.63) is 35.9 Å². The van der Waals surface area contributed by atoms with E-state index in [1.54, 1.807) is 6.08 Å². The fourth-order valence-corrected chi connectivity index (χ4v) is 3.29. The molecule has 0 spiro atoms. The Labute approximate surface area is 138 Å². The van der Waals surface area contributed by atoms with Crippen LogP contribution in [0.4, 0.5) is 13.2 Å². The lowest BCUT2D eigenvalue weighted by molar-refractivity contribution is -0.274. The molecule has 0 aliphatic carbocycles. The highest BCUT2D eigenvalue weighted by atomic mass is 19.4. The van der Waals surface area contributed by atoms with Gasteiger partial charge in [0.15, 0.2) is 0 Å². The third-order valence-electron chi connectivity index (χ3n) is 4.55. The molecule has 2 atom stereocenters. The quantitative estimate of drug-likeness (QED) is 0.860. The molecule has 3 rings (SSSR count). The number of piperidine rings is 1. The van der Waals surface area contributed by atoms with Gasteiger partial charge in [0.2, 0.25) is 5.91 Å². The van der Waals surface area contributed by atoms with Gasteiger partial charge in [0.1, 0.15) is 5.75 Å². The normalized spacial score (nSPS) is 24.2. The topological polar surface area (TPSA) is 41.6 Å². The Balaban J connectivity index is 1.56. The van der Waals surface area contributed by atoms with E-state index >= 15 is 0 Å². The molecule has 2 aliphatic heterocycles. The molecular weight excluding hydrogens is 321 g/mol. The summed E-state index contributed by atoms with van der Waals surface area (Å²) in [6.45, 7) is 3.51. The fourth-order valence-electron chi connectivity index (χ4n) is 3.29. The molecule has 0 bridgehead atoms. The van der Waals surface area contributed by atoms with Gasteiger partial charge in [-0.3, -0.25) is 4.79 Å². The van der Waals surface area contributed by atoms with Gasteiger partial charge in [-0.1, -0.05) is 12.1 Å². The van der Waals surface area contributed by atoms with E-state index in [9.17, 15) is 18.0 Å². The number of likely N-dealkylation sites (tertiary alicyclic amines) is 1. The number of rotatable bonds is 3.